The van der Waals surface area contributed by atoms with Crippen LogP contribution < -0.4 is 5.32 Å². The Hall–Kier alpha value is -1.65. The molecule has 1 aromatic heterocycles. The molecule has 0 radical (unpaired) electrons. The van der Waals surface area contributed by atoms with Crippen LogP contribution in [0.25, 0.3) is 0 Å². The summed E-state index contributed by atoms with van der Waals surface area (Å²) in [4.78, 5) is 11.3. The van der Waals surface area contributed by atoms with Crippen LogP contribution in [0.1, 0.15) is 26.3 Å². The van der Waals surface area contributed by atoms with E-state index in [4.69, 9.17) is 4.74 Å². The Kier molecular flexibility index (Phi) is 3.24. The first-order valence-electron chi connectivity index (χ1n) is 4.66. The highest BCUT2D eigenvalue weighted by molar-refractivity contribution is 5.83. The first-order valence-corrected chi connectivity index (χ1v) is 4.66. The Bertz CT molecular complexity index is 358. The molecule has 0 bridgehead atoms. The maximum atomic E-state index is 11.3. The van der Waals surface area contributed by atoms with E-state index >= 15 is 0 Å². The zero-order valence-corrected chi connectivity index (χ0v) is 9.37. The molecule has 5 nitrogen and oxygen atoms in total. The summed E-state index contributed by atoms with van der Waals surface area (Å²) >= 11 is 0. The zero-order chi connectivity index (χ0) is 11.5. The van der Waals surface area contributed by atoms with Gasteiger partial charge in [0.1, 0.15) is 5.60 Å². The van der Waals surface area contributed by atoms with Crippen molar-refractivity contribution in [2.45, 2.75) is 33.3 Å². The minimum Gasteiger partial charge on any atom is -0.444 e. The van der Waals surface area contributed by atoms with E-state index in [0.29, 0.717) is 5.82 Å². The molecular weight excluding hydrogens is 194 g/mol. The fourth-order valence-corrected chi connectivity index (χ4v) is 0.933. The molecule has 0 aliphatic carbocycles. The van der Waals surface area contributed by atoms with E-state index in [1.54, 1.807) is 33.0 Å². The lowest BCUT2D eigenvalue weighted by atomic mass is 10.2. The molecule has 0 unspecified atom stereocenters. The van der Waals surface area contributed by atoms with Crippen molar-refractivity contribution in [2.24, 2.45) is 0 Å². The summed E-state index contributed by atoms with van der Waals surface area (Å²) in [6, 6.07) is 1.72. The highest BCUT2D eigenvalue weighted by Gasteiger charge is 2.16. The highest BCUT2D eigenvalue weighted by Crippen LogP contribution is 2.09. The van der Waals surface area contributed by atoms with Gasteiger partial charge < -0.3 is 4.74 Å². The summed E-state index contributed by atoms with van der Waals surface area (Å²) in [5.41, 5.74) is 0.414. The van der Waals surface area contributed by atoms with Crippen molar-refractivity contribution in [3.8, 4) is 0 Å². The van der Waals surface area contributed by atoms with Crippen molar-refractivity contribution >= 4 is 11.9 Å². The van der Waals surface area contributed by atoms with Crippen LogP contribution in [0.4, 0.5) is 10.6 Å². The van der Waals surface area contributed by atoms with E-state index in [1.165, 1.54) is 0 Å². The number of nitrogens with one attached hydrogen (secondary N) is 1. The number of aromatic nitrogens is 2. The lowest BCUT2D eigenvalue weighted by molar-refractivity contribution is 0.0635. The smallest absolute Gasteiger partial charge is 0.413 e. The predicted octanol–water partition coefficient (Wildman–Crippen LogP) is 2.13. The first kappa shape index (κ1) is 11.4. The van der Waals surface area contributed by atoms with E-state index in [9.17, 15) is 4.79 Å². The molecule has 1 N–H and O–H groups in total. The van der Waals surface area contributed by atoms with Crippen molar-refractivity contribution < 1.29 is 9.53 Å². The van der Waals surface area contributed by atoms with Gasteiger partial charge in [0.15, 0.2) is 5.82 Å². The molecule has 82 valence electrons. The van der Waals surface area contributed by atoms with E-state index in [2.05, 4.69) is 15.5 Å². The van der Waals surface area contributed by atoms with Gasteiger partial charge in [0.05, 0.1) is 6.20 Å². The zero-order valence-electron chi connectivity index (χ0n) is 9.37. The van der Waals surface area contributed by atoms with Gasteiger partial charge in [0.2, 0.25) is 0 Å². The molecule has 1 rings (SSSR count). The first-order chi connectivity index (χ1) is 6.87. The molecule has 0 aliphatic rings. The number of nitrogens with zero attached hydrogens (tertiary/aromatic N) is 2. The Morgan fingerprint density at radius 2 is 2.13 bits per heavy atom. The molecule has 0 aromatic carbocycles. The SMILES string of the molecule is Cc1cnnc(NC(=O)OC(C)(C)C)c1. The van der Waals surface area contributed by atoms with Gasteiger partial charge in [-0.05, 0) is 39.3 Å². The average Bonchev–Trinajstić information content (AvgIpc) is 1.99. The topological polar surface area (TPSA) is 64.1 Å². The van der Waals surface area contributed by atoms with Gasteiger partial charge in [-0.15, -0.1) is 5.10 Å². The van der Waals surface area contributed by atoms with E-state index in [-0.39, 0.29) is 0 Å². The quantitative estimate of drug-likeness (QED) is 0.769. The molecule has 1 amide bonds. The summed E-state index contributed by atoms with van der Waals surface area (Å²) in [5.74, 6) is 0.393. The normalized spacial score (nSPS) is 10.9. The van der Waals surface area contributed by atoms with Crippen molar-refractivity contribution in [3.05, 3.63) is 17.8 Å². The largest absolute Gasteiger partial charge is 0.444 e. The third kappa shape index (κ3) is 4.39. The van der Waals surface area contributed by atoms with Crippen molar-refractivity contribution in [2.75, 3.05) is 5.32 Å². The predicted molar refractivity (Wildman–Crippen MR) is 56.6 cm³/mol. The molecule has 0 fully saturated rings. The molecule has 15 heavy (non-hydrogen) atoms. The number of anilines is 1. The number of hydrogen-bond acceptors (Lipinski definition) is 4. The Balaban J connectivity index is 2.59. The lowest BCUT2D eigenvalue weighted by Crippen LogP contribution is -2.27. The van der Waals surface area contributed by atoms with Gasteiger partial charge in [-0.25, -0.2) is 4.79 Å². The van der Waals surface area contributed by atoms with E-state index < -0.39 is 11.7 Å². The Morgan fingerprint density at radius 1 is 1.47 bits per heavy atom. The fourth-order valence-electron chi connectivity index (χ4n) is 0.933. The lowest BCUT2D eigenvalue weighted by Gasteiger charge is -2.19. The molecule has 0 saturated carbocycles. The third-order valence-corrected chi connectivity index (χ3v) is 1.42. The van der Waals surface area contributed by atoms with Crippen LogP contribution in [0.5, 0.6) is 0 Å². The number of carbonyl (C=O) groups excluding carboxylic acids is 1. The Labute approximate surface area is 88.9 Å². The van der Waals surface area contributed by atoms with Crippen LogP contribution in [0.3, 0.4) is 0 Å². The van der Waals surface area contributed by atoms with Gasteiger partial charge >= 0.3 is 6.09 Å². The van der Waals surface area contributed by atoms with Crippen molar-refractivity contribution in [1.82, 2.24) is 10.2 Å². The van der Waals surface area contributed by atoms with Gasteiger partial charge in [0.25, 0.3) is 0 Å². The highest BCUT2D eigenvalue weighted by atomic mass is 16.6. The third-order valence-electron chi connectivity index (χ3n) is 1.42. The van der Waals surface area contributed by atoms with E-state index in [0.717, 1.165) is 5.56 Å². The van der Waals surface area contributed by atoms with Crippen LogP contribution in [-0.2, 0) is 4.74 Å². The van der Waals surface area contributed by atoms with Crippen LogP contribution >= 0.6 is 0 Å². The second-order valence-electron chi connectivity index (χ2n) is 4.25. The number of hydrogen-bond donors (Lipinski definition) is 1. The number of ether oxygens (including phenoxy) is 1. The maximum absolute atomic E-state index is 11.3. The fraction of sp³-hybridized carbons (Fsp3) is 0.500. The van der Waals surface area contributed by atoms with Crippen LogP contribution in [0, 0.1) is 6.92 Å². The van der Waals surface area contributed by atoms with E-state index in [1.807, 2.05) is 6.92 Å². The van der Waals surface area contributed by atoms with Crippen molar-refractivity contribution in [1.29, 1.82) is 0 Å². The summed E-state index contributed by atoms with van der Waals surface area (Å²) in [5, 5.41) is 9.97. The van der Waals surface area contributed by atoms with Gasteiger partial charge in [-0.3, -0.25) is 5.32 Å². The van der Waals surface area contributed by atoms with Crippen LogP contribution in [-0.4, -0.2) is 21.9 Å². The molecule has 0 aliphatic heterocycles. The van der Waals surface area contributed by atoms with Gasteiger partial charge in [0, 0.05) is 0 Å². The molecule has 0 atom stereocenters. The number of amides is 1. The summed E-state index contributed by atoms with van der Waals surface area (Å²) in [6.07, 6.45) is 1.09. The second-order valence-corrected chi connectivity index (χ2v) is 4.25. The summed E-state index contributed by atoms with van der Waals surface area (Å²) in [6.45, 7) is 7.27. The molecule has 5 heteroatoms. The second kappa shape index (κ2) is 4.25. The number of rotatable bonds is 1. The maximum Gasteiger partial charge on any atom is 0.413 e. The Morgan fingerprint density at radius 3 is 2.67 bits per heavy atom. The molecular formula is C10H15N3O2. The summed E-state index contributed by atoms with van der Waals surface area (Å²) in [7, 11) is 0. The minimum atomic E-state index is -0.526. The summed E-state index contributed by atoms with van der Waals surface area (Å²) < 4.78 is 5.06. The van der Waals surface area contributed by atoms with Crippen LogP contribution in [0.2, 0.25) is 0 Å². The van der Waals surface area contributed by atoms with Crippen LogP contribution in [0.15, 0.2) is 12.3 Å². The standard InChI is InChI=1S/C10H15N3O2/c1-7-5-8(13-11-6-7)12-9(14)15-10(2,3)4/h5-6H,1-4H3,(H,12,13,14). The van der Waals surface area contributed by atoms with Gasteiger partial charge in [-0.1, -0.05) is 0 Å². The molecule has 1 aromatic rings. The monoisotopic (exact) mass is 209 g/mol. The molecule has 1 heterocycles. The molecule has 0 saturated heterocycles. The number of aryl methyl sites for hydroxylation is 1. The van der Waals surface area contributed by atoms with Crippen molar-refractivity contribution in [3.63, 3.8) is 0 Å². The average molecular weight is 209 g/mol. The molecule has 0 spiro atoms. The number of carbonyl (C=O) groups is 1. The van der Waals surface area contributed by atoms with Gasteiger partial charge in [-0.2, -0.15) is 5.10 Å². The minimum absolute atomic E-state index is 0.393.